The van der Waals surface area contributed by atoms with Crippen molar-refractivity contribution in [1.29, 1.82) is 0 Å². The Kier molecular flexibility index (Phi) is 3.59. The average Bonchev–Trinajstić information content (AvgIpc) is 2.81. The second-order valence-corrected chi connectivity index (χ2v) is 4.72. The lowest BCUT2D eigenvalue weighted by Crippen LogP contribution is -2.33. The maximum absolute atomic E-state index is 11.9. The highest BCUT2D eigenvalue weighted by Gasteiger charge is 2.30. The maximum Gasteiger partial charge on any atom is 0.306 e. The summed E-state index contributed by atoms with van der Waals surface area (Å²) in [7, 11) is 0. The number of carbonyl (C=O) groups excluding carboxylic acids is 1. The SMILES string of the molecule is O=C(NC1CCC(C(=O)O)C1)c1ccc(O)c(O)c1. The Balaban J connectivity index is 1.98. The van der Waals surface area contributed by atoms with E-state index < -0.39 is 11.9 Å². The molecular weight excluding hydrogens is 250 g/mol. The van der Waals surface area contributed by atoms with Gasteiger partial charge >= 0.3 is 5.97 Å². The zero-order valence-corrected chi connectivity index (χ0v) is 10.2. The molecule has 0 bridgehead atoms. The molecule has 0 aliphatic heterocycles. The number of aliphatic carboxylic acids is 1. The number of phenolic OH excluding ortho intramolecular Hbond substituents is 2. The molecule has 2 unspecified atom stereocenters. The number of hydrogen-bond donors (Lipinski definition) is 4. The van der Waals surface area contributed by atoms with Crippen LogP contribution in [0.4, 0.5) is 0 Å². The molecule has 1 aromatic carbocycles. The van der Waals surface area contributed by atoms with Crippen LogP contribution in [0.3, 0.4) is 0 Å². The fourth-order valence-electron chi connectivity index (χ4n) is 2.27. The van der Waals surface area contributed by atoms with Crippen molar-refractivity contribution in [3.63, 3.8) is 0 Å². The van der Waals surface area contributed by atoms with Crippen molar-refractivity contribution in [3.8, 4) is 11.5 Å². The van der Waals surface area contributed by atoms with Crippen LogP contribution in [0.1, 0.15) is 29.6 Å². The Bertz CT molecular complexity index is 514. The molecule has 1 aromatic rings. The normalized spacial score (nSPS) is 22.1. The fraction of sp³-hybridized carbons (Fsp3) is 0.385. The molecule has 2 rings (SSSR count). The predicted molar refractivity (Wildman–Crippen MR) is 66.0 cm³/mol. The molecule has 0 radical (unpaired) electrons. The van der Waals surface area contributed by atoms with E-state index in [9.17, 15) is 14.7 Å². The van der Waals surface area contributed by atoms with E-state index in [0.717, 1.165) is 0 Å². The van der Waals surface area contributed by atoms with Crippen LogP contribution in [-0.4, -0.2) is 33.2 Å². The quantitative estimate of drug-likeness (QED) is 0.612. The Morgan fingerprint density at radius 1 is 1.16 bits per heavy atom. The molecule has 1 fully saturated rings. The highest BCUT2D eigenvalue weighted by Crippen LogP contribution is 2.27. The summed E-state index contributed by atoms with van der Waals surface area (Å²) in [5, 5.41) is 30.1. The third kappa shape index (κ3) is 2.96. The van der Waals surface area contributed by atoms with Crippen molar-refractivity contribution < 1.29 is 24.9 Å². The molecule has 0 saturated heterocycles. The van der Waals surface area contributed by atoms with Gasteiger partial charge in [-0.3, -0.25) is 9.59 Å². The number of rotatable bonds is 3. The molecule has 1 saturated carbocycles. The Labute approximate surface area is 109 Å². The van der Waals surface area contributed by atoms with Crippen LogP contribution in [0.25, 0.3) is 0 Å². The Hall–Kier alpha value is -2.24. The molecule has 0 aromatic heterocycles. The van der Waals surface area contributed by atoms with Gasteiger partial charge in [-0.05, 0) is 37.5 Å². The highest BCUT2D eigenvalue weighted by atomic mass is 16.4. The molecule has 0 spiro atoms. The van der Waals surface area contributed by atoms with Gasteiger partial charge in [-0.2, -0.15) is 0 Å². The van der Waals surface area contributed by atoms with Crippen molar-refractivity contribution in [3.05, 3.63) is 23.8 Å². The van der Waals surface area contributed by atoms with Gasteiger partial charge in [-0.15, -0.1) is 0 Å². The van der Waals surface area contributed by atoms with Crippen LogP contribution in [-0.2, 0) is 4.79 Å². The lowest BCUT2D eigenvalue weighted by molar-refractivity contribution is -0.141. The van der Waals surface area contributed by atoms with Gasteiger partial charge in [0.2, 0.25) is 0 Å². The van der Waals surface area contributed by atoms with E-state index in [1.165, 1.54) is 18.2 Å². The number of carbonyl (C=O) groups is 2. The van der Waals surface area contributed by atoms with Crippen molar-refractivity contribution in [1.82, 2.24) is 5.32 Å². The molecule has 4 N–H and O–H groups in total. The number of aromatic hydroxyl groups is 2. The van der Waals surface area contributed by atoms with Crippen molar-refractivity contribution >= 4 is 11.9 Å². The number of carboxylic acid groups (broad SMARTS) is 1. The molecule has 1 amide bonds. The van der Waals surface area contributed by atoms with Crippen molar-refractivity contribution in [2.24, 2.45) is 5.92 Å². The summed E-state index contributed by atoms with van der Waals surface area (Å²) in [6.07, 6.45) is 1.61. The molecule has 1 aliphatic carbocycles. The fourth-order valence-corrected chi connectivity index (χ4v) is 2.27. The molecule has 6 heteroatoms. The van der Waals surface area contributed by atoms with E-state index in [1.54, 1.807) is 0 Å². The van der Waals surface area contributed by atoms with Gasteiger partial charge in [0.25, 0.3) is 5.91 Å². The van der Waals surface area contributed by atoms with Gasteiger partial charge < -0.3 is 20.6 Å². The third-order valence-electron chi connectivity index (χ3n) is 3.35. The van der Waals surface area contributed by atoms with E-state index in [4.69, 9.17) is 10.2 Å². The number of amides is 1. The summed E-state index contributed by atoms with van der Waals surface area (Å²) in [4.78, 5) is 22.7. The third-order valence-corrected chi connectivity index (χ3v) is 3.35. The van der Waals surface area contributed by atoms with Crippen LogP contribution in [0, 0.1) is 5.92 Å². The minimum Gasteiger partial charge on any atom is -0.504 e. The van der Waals surface area contributed by atoms with Crippen LogP contribution in [0.5, 0.6) is 11.5 Å². The molecule has 0 heterocycles. The summed E-state index contributed by atoms with van der Waals surface area (Å²) < 4.78 is 0. The summed E-state index contributed by atoms with van der Waals surface area (Å²) in [6, 6.07) is 3.64. The van der Waals surface area contributed by atoms with Crippen molar-refractivity contribution in [2.75, 3.05) is 0 Å². The number of benzene rings is 1. The van der Waals surface area contributed by atoms with Gasteiger partial charge in [-0.25, -0.2) is 0 Å². The highest BCUT2D eigenvalue weighted by molar-refractivity contribution is 5.95. The van der Waals surface area contributed by atoms with E-state index in [1.807, 2.05) is 0 Å². The number of nitrogens with one attached hydrogen (secondary N) is 1. The van der Waals surface area contributed by atoms with Crippen molar-refractivity contribution in [2.45, 2.75) is 25.3 Å². The van der Waals surface area contributed by atoms with Gasteiger partial charge in [0.1, 0.15) is 0 Å². The Morgan fingerprint density at radius 2 is 1.89 bits per heavy atom. The molecule has 2 atom stereocenters. The monoisotopic (exact) mass is 265 g/mol. The first-order valence-corrected chi connectivity index (χ1v) is 6.03. The lowest BCUT2D eigenvalue weighted by atomic mass is 10.1. The topological polar surface area (TPSA) is 107 Å². The largest absolute Gasteiger partial charge is 0.504 e. The van der Waals surface area contributed by atoms with Crippen LogP contribution in [0.2, 0.25) is 0 Å². The Morgan fingerprint density at radius 3 is 2.47 bits per heavy atom. The van der Waals surface area contributed by atoms with E-state index in [-0.39, 0.29) is 29.0 Å². The van der Waals surface area contributed by atoms with Crippen LogP contribution >= 0.6 is 0 Å². The van der Waals surface area contributed by atoms with Gasteiger partial charge in [0.15, 0.2) is 11.5 Å². The summed E-state index contributed by atoms with van der Waals surface area (Å²) in [6.45, 7) is 0. The minimum atomic E-state index is -0.834. The van der Waals surface area contributed by atoms with Gasteiger partial charge in [0, 0.05) is 11.6 Å². The second-order valence-electron chi connectivity index (χ2n) is 4.72. The maximum atomic E-state index is 11.9. The standard InChI is InChI=1S/C13H15NO5/c15-10-4-2-7(6-11(10)16)12(17)14-9-3-1-8(5-9)13(18)19/h2,4,6,8-9,15-16H,1,3,5H2,(H,14,17)(H,18,19). The number of carboxylic acids is 1. The van der Waals surface area contributed by atoms with E-state index in [2.05, 4.69) is 5.32 Å². The molecule has 6 nitrogen and oxygen atoms in total. The summed E-state index contributed by atoms with van der Waals surface area (Å²) in [5.74, 6) is -2.27. The summed E-state index contributed by atoms with van der Waals surface area (Å²) in [5.41, 5.74) is 0.231. The van der Waals surface area contributed by atoms with E-state index >= 15 is 0 Å². The first-order valence-electron chi connectivity index (χ1n) is 6.03. The molecule has 102 valence electrons. The van der Waals surface area contributed by atoms with Crippen LogP contribution in [0.15, 0.2) is 18.2 Å². The molecular formula is C13H15NO5. The lowest BCUT2D eigenvalue weighted by Gasteiger charge is -2.12. The first kappa shape index (κ1) is 13.2. The zero-order valence-electron chi connectivity index (χ0n) is 10.2. The average molecular weight is 265 g/mol. The zero-order chi connectivity index (χ0) is 14.0. The minimum absolute atomic E-state index is 0.162. The predicted octanol–water partition coefficient (Wildman–Crippen LogP) is 1.08. The smallest absolute Gasteiger partial charge is 0.306 e. The molecule has 19 heavy (non-hydrogen) atoms. The van der Waals surface area contributed by atoms with Gasteiger partial charge in [-0.1, -0.05) is 0 Å². The number of phenols is 2. The first-order chi connectivity index (χ1) is 8.97. The molecule has 1 aliphatic rings. The van der Waals surface area contributed by atoms with Gasteiger partial charge in [0.05, 0.1) is 5.92 Å². The summed E-state index contributed by atoms with van der Waals surface area (Å²) >= 11 is 0. The van der Waals surface area contributed by atoms with E-state index in [0.29, 0.717) is 19.3 Å². The second kappa shape index (κ2) is 5.17. The number of hydrogen-bond acceptors (Lipinski definition) is 4. The van der Waals surface area contributed by atoms with Crippen LogP contribution < -0.4 is 5.32 Å².